The third-order valence-corrected chi connectivity index (χ3v) is 4.68. The molecule has 2 aromatic rings. The highest BCUT2D eigenvalue weighted by atomic mass is 32.1. The number of carbonyl (C=O) groups excluding carboxylic acids is 1. The van der Waals surface area contributed by atoms with E-state index in [1.807, 2.05) is 30.3 Å². The van der Waals surface area contributed by atoms with Gasteiger partial charge in [0.25, 0.3) is 0 Å². The Morgan fingerprint density at radius 2 is 1.90 bits per heavy atom. The maximum atomic E-state index is 12.0. The number of benzene rings is 1. The SMILES string of the molecule is O=C(O)[C@@H]1CC[C@H]1C(=O)Nc1ncc(-c2ccccc2)s1. The summed E-state index contributed by atoms with van der Waals surface area (Å²) in [7, 11) is 0. The van der Waals surface area contributed by atoms with Gasteiger partial charge in [0.1, 0.15) is 0 Å². The molecule has 1 fully saturated rings. The molecule has 2 N–H and O–H groups in total. The van der Waals surface area contributed by atoms with Gasteiger partial charge in [0.05, 0.1) is 16.7 Å². The molecule has 6 heteroatoms. The first-order valence-corrected chi connectivity index (χ1v) is 7.51. The van der Waals surface area contributed by atoms with Crippen LogP contribution in [0.4, 0.5) is 5.13 Å². The fourth-order valence-electron chi connectivity index (χ4n) is 2.38. The first kappa shape index (κ1) is 13.8. The first-order chi connectivity index (χ1) is 10.1. The van der Waals surface area contributed by atoms with Gasteiger partial charge >= 0.3 is 5.97 Å². The number of amides is 1. The molecule has 1 aliphatic rings. The van der Waals surface area contributed by atoms with E-state index >= 15 is 0 Å². The van der Waals surface area contributed by atoms with Crippen LogP contribution in [0.1, 0.15) is 12.8 Å². The molecule has 3 rings (SSSR count). The van der Waals surface area contributed by atoms with Gasteiger partial charge in [-0.15, -0.1) is 0 Å². The average Bonchev–Trinajstić information content (AvgIpc) is 2.86. The number of thiazole rings is 1. The molecular weight excluding hydrogens is 288 g/mol. The number of rotatable bonds is 4. The quantitative estimate of drug-likeness (QED) is 0.910. The van der Waals surface area contributed by atoms with Crippen LogP contribution in [0.3, 0.4) is 0 Å². The van der Waals surface area contributed by atoms with Crippen molar-refractivity contribution in [3.05, 3.63) is 36.5 Å². The van der Waals surface area contributed by atoms with Crippen molar-refractivity contribution in [2.45, 2.75) is 12.8 Å². The van der Waals surface area contributed by atoms with Gasteiger partial charge in [0, 0.05) is 6.20 Å². The molecule has 1 aliphatic carbocycles. The zero-order valence-corrected chi connectivity index (χ0v) is 12.0. The van der Waals surface area contributed by atoms with E-state index in [0.717, 1.165) is 10.4 Å². The minimum Gasteiger partial charge on any atom is -0.481 e. The Kier molecular flexibility index (Phi) is 3.70. The molecule has 0 radical (unpaired) electrons. The summed E-state index contributed by atoms with van der Waals surface area (Å²) in [4.78, 5) is 28.1. The zero-order valence-electron chi connectivity index (χ0n) is 11.2. The summed E-state index contributed by atoms with van der Waals surface area (Å²) in [5, 5.41) is 12.2. The van der Waals surface area contributed by atoms with Gasteiger partial charge in [-0.05, 0) is 18.4 Å². The molecule has 1 saturated carbocycles. The fraction of sp³-hybridized carbons (Fsp3) is 0.267. The molecule has 0 spiro atoms. The van der Waals surface area contributed by atoms with Crippen molar-refractivity contribution >= 4 is 28.3 Å². The molecule has 1 aromatic heterocycles. The van der Waals surface area contributed by atoms with E-state index in [9.17, 15) is 9.59 Å². The van der Waals surface area contributed by atoms with E-state index in [1.54, 1.807) is 6.20 Å². The van der Waals surface area contributed by atoms with E-state index in [2.05, 4.69) is 10.3 Å². The van der Waals surface area contributed by atoms with E-state index in [-0.39, 0.29) is 5.91 Å². The van der Waals surface area contributed by atoms with Crippen LogP contribution in [0.2, 0.25) is 0 Å². The monoisotopic (exact) mass is 302 g/mol. The van der Waals surface area contributed by atoms with Crippen LogP contribution < -0.4 is 5.32 Å². The van der Waals surface area contributed by atoms with Gasteiger partial charge in [0.2, 0.25) is 5.91 Å². The van der Waals surface area contributed by atoms with Crippen molar-refractivity contribution in [2.75, 3.05) is 5.32 Å². The van der Waals surface area contributed by atoms with Crippen molar-refractivity contribution in [1.82, 2.24) is 4.98 Å². The van der Waals surface area contributed by atoms with E-state index < -0.39 is 17.8 Å². The summed E-state index contributed by atoms with van der Waals surface area (Å²) in [6, 6.07) is 9.78. The summed E-state index contributed by atoms with van der Waals surface area (Å²) >= 11 is 1.39. The molecule has 0 bridgehead atoms. The second-order valence-corrected chi connectivity index (χ2v) is 6.04. The minimum atomic E-state index is -0.898. The molecular formula is C15H14N2O3S. The fourth-order valence-corrected chi connectivity index (χ4v) is 3.20. The molecule has 2 atom stereocenters. The Bertz CT molecular complexity index is 669. The molecule has 0 unspecified atom stereocenters. The standard InChI is InChI=1S/C15H14N2O3S/c18-13(10-6-7-11(10)14(19)20)17-15-16-8-12(21-15)9-4-2-1-3-5-9/h1-5,8,10-11H,6-7H2,(H,19,20)(H,16,17,18)/t10-,11-/m1/s1. The number of anilines is 1. The summed E-state index contributed by atoms with van der Waals surface area (Å²) in [6.07, 6.45) is 2.91. The molecule has 1 aromatic carbocycles. The predicted octanol–water partition coefficient (Wildman–Crippen LogP) is 2.86. The lowest BCUT2D eigenvalue weighted by molar-refractivity contribution is -0.151. The third kappa shape index (κ3) is 2.80. The smallest absolute Gasteiger partial charge is 0.307 e. The van der Waals surface area contributed by atoms with Gasteiger partial charge < -0.3 is 10.4 Å². The highest BCUT2D eigenvalue weighted by molar-refractivity contribution is 7.19. The number of aromatic nitrogens is 1. The van der Waals surface area contributed by atoms with Crippen molar-refractivity contribution in [3.8, 4) is 10.4 Å². The number of nitrogens with zero attached hydrogens (tertiary/aromatic N) is 1. The van der Waals surface area contributed by atoms with Crippen LogP contribution in [0, 0.1) is 11.8 Å². The van der Waals surface area contributed by atoms with Crippen LogP contribution >= 0.6 is 11.3 Å². The van der Waals surface area contributed by atoms with Crippen LogP contribution in [0.15, 0.2) is 36.5 Å². The topological polar surface area (TPSA) is 79.3 Å². The van der Waals surface area contributed by atoms with E-state index in [1.165, 1.54) is 11.3 Å². The number of carboxylic acids is 1. The minimum absolute atomic E-state index is 0.248. The molecule has 5 nitrogen and oxygen atoms in total. The Morgan fingerprint density at radius 1 is 1.19 bits per heavy atom. The predicted molar refractivity (Wildman–Crippen MR) is 80.0 cm³/mol. The number of carboxylic acid groups (broad SMARTS) is 1. The zero-order chi connectivity index (χ0) is 14.8. The normalized spacial score (nSPS) is 20.6. The van der Waals surface area contributed by atoms with Crippen molar-refractivity contribution < 1.29 is 14.7 Å². The number of hydrogen-bond donors (Lipinski definition) is 2. The Morgan fingerprint density at radius 3 is 2.52 bits per heavy atom. The lowest BCUT2D eigenvalue weighted by Crippen LogP contribution is -2.41. The van der Waals surface area contributed by atoms with Crippen LogP contribution in [-0.2, 0) is 9.59 Å². The molecule has 0 aliphatic heterocycles. The summed E-state index contributed by atoms with van der Waals surface area (Å²) in [5.41, 5.74) is 1.04. The number of nitrogens with one attached hydrogen (secondary N) is 1. The van der Waals surface area contributed by atoms with Gasteiger partial charge in [-0.25, -0.2) is 4.98 Å². The van der Waals surface area contributed by atoms with E-state index in [0.29, 0.717) is 18.0 Å². The largest absolute Gasteiger partial charge is 0.481 e. The summed E-state index contributed by atoms with van der Waals surface area (Å²) in [6.45, 7) is 0. The third-order valence-electron chi connectivity index (χ3n) is 3.72. The molecule has 108 valence electrons. The van der Waals surface area contributed by atoms with Crippen LogP contribution in [-0.4, -0.2) is 22.0 Å². The highest BCUT2D eigenvalue weighted by Gasteiger charge is 2.41. The lowest BCUT2D eigenvalue weighted by Gasteiger charge is -2.31. The van der Waals surface area contributed by atoms with Crippen molar-refractivity contribution in [3.63, 3.8) is 0 Å². The summed E-state index contributed by atoms with van der Waals surface area (Å²) in [5.74, 6) is -2.14. The summed E-state index contributed by atoms with van der Waals surface area (Å²) < 4.78 is 0. The molecule has 1 amide bonds. The second-order valence-electron chi connectivity index (χ2n) is 5.01. The van der Waals surface area contributed by atoms with Crippen molar-refractivity contribution in [1.29, 1.82) is 0 Å². The van der Waals surface area contributed by atoms with Gasteiger partial charge in [-0.2, -0.15) is 0 Å². The molecule has 21 heavy (non-hydrogen) atoms. The second kappa shape index (κ2) is 5.65. The molecule has 1 heterocycles. The maximum Gasteiger partial charge on any atom is 0.307 e. The average molecular weight is 302 g/mol. The van der Waals surface area contributed by atoms with Crippen molar-refractivity contribution in [2.24, 2.45) is 11.8 Å². The number of carbonyl (C=O) groups is 2. The Hall–Kier alpha value is -2.21. The Balaban J connectivity index is 1.68. The molecule has 0 saturated heterocycles. The lowest BCUT2D eigenvalue weighted by atomic mass is 9.73. The van der Waals surface area contributed by atoms with Crippen LogP contribution in [0.5, 0.6) is 0 Å². The van der Waals surface area contributed by atoms with Gasteiger partial charge in [-0.1, -0.05) is 41.7 Å². The highest BCUT2D eigenvalue weighted by Crippen LogP contribution is 2.36. The number of hydrogen-bond acceptors (Lipinski definition) is 4. The van der Waals surface area contributed by atoms with Gasteiger partial charge in [-0.3, -0.25) is 9.59 Å². The van der Waals surface area contributed by atoms with E-state index in [4.69, 9.17) is 5.11 Å². The first-order valence-electron chi connectivity index (χ1n) is 6.70. The Labute approximate surface area is 125 Å². The number of aliphatic carboxylic acids is 1. The van der Waals surface area contributed by atoms with Crippen LogP contribution in [0.25, 0.3) is 10.4 Å². The van der Waals surface area contributed by atoms with Gasteiger partial charge in [0.15, 0.2) is 5.13 Å². The maximum absolute atomic E-state index is 12.0.